The highest BCUT2D eigenvalue weighted by Gasteiger charge is 2.23. The van der Waals surface area contributed by atoms with Crippen molar-refractivity contribution < 1.29 is 23.9 Å². The molecule has 226 valence electrons. The van der Waals surface area contributed by atoms with Crippen LogP contribution in [0.4, 0.5) is 0 Å². The number of hydrogen-bond donors (Lipinski definition) is 3. The van der Waals surface area contributed by atoms with Gasteiger partial charge in [-0.25, -0.2) is 4.68 Å². The summed E-state index contributed by atoms with van der Waals surface area (Å²) >= 11 is 0. The van der Waals surface area contributed by atoms with Crippen LogP contribution in [-0.4, -0.2) is 64.6 Å². The van der Waals surface area contributed by atoms with Gasteiger partial charge in [-0.15, -0.1) is 5.10 Å². The van der Waals surface area contributed by atoms with Crippen LogP contribution in [0.15, 0.2) is 54.7 Å². The number of hydrogen-bond acceptors (Lipinski definition) is 7. The molecular formula is C31H42N6O5. The number of nitrogens with one attached hydrogen (secondary N) is 3. The third-order valence-electron chi connectivity index (χ3n) is 6.13. The largest absolute Gasteiger partial charge is 0.483 e. The van der Waals surface area contributed by atoms with Crippen molar-refractivity contribution in [2.45, 2.75) is 66.0 Å². The minimum atomic E-state index is -0.652. The molecule has 0 unspecified atom stereocenters. The normalized spacial score (nSPS) is 11.7. The number of amides is 3. The van der Waals surface area contributed by atoms with Crippen LogP contribution >= 0.6 is 0 Å². The molecule has 11 heteroatoms. The van der Waals surface area contributed by atoms with E-state index in [9.17, 15) is 14.4 Å². The minimum absolute atomic E-state index is 0.0339. The lowest BCUT2D eigenvalue weighted by molar-refractivity contribution is -0.130. The lowest BCUT2D eigenvalue weighted by Gasteiger charge is -2.21. The van der Waals surface area contributed by atoms with E-state index in [1.165, 1.54) is 0 Å². The molecule has 0 spiro atoms. The molecule has 0 saturated heterocycles. The van der Waals surface area contributed by atoms with Gasteiger partial charge in [0.2, 0.25) is 5.91 Å². The summed E-state index contributed by atoms with van der Waals surface area (Å²) in [7, 11) is 0. The highest BCUT2D eigenvalue weighted by atomic mass is 16.5. The SMILES string of the molecule is CCCCNC(=O)COc1ccccc1-c1cn(-c2ccccc2OCC(=O)N[C@@H](CC(C)C)C(=O)NC(C)C)nn1. The molecule has 0 aliphatic heterocycles. The van der Waals surface area contributed by atoms with Gasteiger partial charge in [0.1, 0.15) is 28.9 Å². The Morgan fingerprint density at radius 3 is 2.26 bits per heavy atom. The van der Waals surface area contributed by atoms with Gasteiger partial charge >= 0.3 is 0 Å². The van der Waals surface area contributed by atoms with E-state index >= 15 is 0 Å². The summed E-state index contributed by atoms with van der Waals surface area (Å²) in [4.78, 5) is 37.5. The van der Waals surface area contributed by atoms with Crippen LogP contribution in [0.5, 0.6) is 11.5 Å². The number of unbranched alkanes of at least 4 members (excludes halogenated alkanes) is 1. The lowest BCUT2D eigenvalue weighted by Crippen LogP contribution is -2.50. The summed E-state index contributed by atoms with van der Waals surface area (Å²) < 4.78 is 13.2. The van der Waals surface area contributed by atoms with Crippen LogP contribution in [0.1, 0.15) is 53.9 Å². The van der Waals surface area contributed by atoms with Crippen molar-refractivity contribution in [3.8, 4) is 28.4 Å². The van der Waals surface area contributed by atoms with Crippen molar-refractivity contribution in [1.82, 2.24) is 30.9 Å². The molecule has 0 fully saturated rings. The van der Waals surface area contributed by atoms with Crippen LogP contribution in [0.2, 0.25) is 0 Å². The standard InChI is InChI=1S/C31H42N6O5/c1-6-7-16-32-29(38)19-41-27-14-10-8-12-23(27)25-18-37(36-35-25)26-13-9-11-15-28(26)42-20-30(39)34-24(17-21(2)3)31(40)33-22(4)5/h8-15,18,21-22,24H,6-7,16-17,19-20H2,1-5H3,(H,32,38)(H,33,40)(H,34,39)/t24-/m0/s1. The number of nitrogens with zero attached hydrogens (tertiary/aromatic N) is 3. The van der Waals surface area contributed by atoms with Gasteiger partial charge in [0.25, 0.3) is 11.8 Å². The van der Waals surface area contributed by atoms with E-state index in [4.69, 9.17) is 9.47 Å². The van der Waals surface area contributed by atoms with Crippen molar-refractivity contribution in [3.63, 3.8) is 0 Å². The summed E-state index contributed by atoms with van der Waals surface area (Å²) in [5, 5.41) is 17.1. The summed E-state index contributed by atoms with van der Waals surface area (Å²) in [6.45, 7) is 10.0. The lowest BCUT2D eigenvalue weighted by atomic mass is 10.0. The molecule has 1 heterocycles. The zero-order valence-corrected chi connectivity index (χ0v) is 25.1. The number of para-hydroxylation sites is 3. The molecule has 0 radical (unpaired) electrons. The molecule has 11 nitrogen and oxygen atoms in total. The number of aromatic nitrogens is 3. The summed E-state index contributed by atoms with van der Waals surface area (Å²) in [6, 6.07) is 13.8. The van der Waals surface area contributed by atoms with E-state index < -0.39 is 11.9 Å². The zero-order chi connectivity index (χ0) is 30.5. The van der Waals surface area contributed by atoms with Crippen molar-refractivity contribution in [3.05, 3.63) is 54.7 Å². The molecular weight excluding hydrogens is 536 g/mol. The number of benzene rings is 2. The highest BCUT2D eigenvalue weighted by Crippen LogP contribution is 2.30. The zero-order valence-electron chi connectivity index (χ0n) is 25.1. The summed E-state index contributed by atoms with van der Waals surface area (Å²) in [6.07, 6.45) is 4.14. The summed E-state index contributed by atoms with van der Waals surface area (Å²) in [5.74, 6) is 0.337. The van der Waals surface area contributed by atoms with E-state index in [0.717, 1.165) is 12.8 Å². The van der Waals surface area contributed by atoms with Crippen molar-refractivity contribution in [1.29, 1.82) is 0 Å². The smallest absolute Gasteiger partial charge is 0.258 e. The fourth-order valence-electron chi connectivity index (χ4n) is 4.14. The topological polar surface area (TPSA) is 136 Å². The average molecular weight is 579 g/mol. The van der Waals surface area contributed by atoms with E-state index in [1.807, 2.05) is 52.0 Å². The Kier molecular flexibility index (Phi) is 12.3. The quantitative estimate of drug-likeness (QED) is 0.221. The molecule has 3 rings (SSSR count). The van der Waals surface area contributed by atoms with Crippen LogP contribution in [-0.2, 0) is 14.4 Å². The second-order valence-electron chi connectivity index (χ2n) is 10.7. The number of carbonyl (C=O) groups is 3. The Labute approximate surface area is 247 Å². The molecule has 3 N–H and O–H groups in total. The Morgan fingerprint density at radius 1 is 0.881 bits per heavy atom. The first-order chi connectivity index (χ1) is 20.2. The molecule has 3 amide bonds. The van der Waals surface area contributed by atoms with Gasteiger partial charge in [0.05, 0.1) is 6.20 Å². The van der Waals surface area contributed by atoms with Gasteiger partial charge in [-0.2, -0.15) is 0 Å². The first-order valence-electron chi connectivity index (χ1n) is 14.4. The van der Waals surface area contributed by atoms with E-state index in [2.05, 4.69) is 33.2 Å². The predicted octanol–water partition coefficient (Wildman–Crippen LogP) is 3.66. The van der Waals surface area contributed by atoms with Crippen LogP contribution in [0.25, 0.3) is 16.9 Å². The van der Waals surface area contributed by atoms with Crippen molar-refractivity contribution >= 4 is 17.7 Å². The second kappa shape index (κ2) is 16.1. The third-order valence-corrected chi connectivity index (χ3v) is 6.13. The van der Waals surface area contributed by atoms with E-state index in [-0.39, 0.29) is 37.0 Å². The molecule has 2 aromatic carbocycles. The molecule has 0 saturated carbocycles. The first-order valence-corrected chi connectivity index (χ1v) is 14.4. The fourth-order valence-corrected chi connectivity index (χ4v) is 4.14. The maximum atomic E-state index is 12.8. The predicted molar refractivity (Wildman–Crippen MR) is 160 cm³/mol. The maximum absolute atomic E-state index is 12.8. The van der Waals surface area contributed by atoms with Gasteiger partial charge < -0.3 is 25.4 Å². The van der Waals surface area contributed by atoms with Crippen molar-refractivity contribution in [2.24, 2.45) is 5.92 Å². The number of carbonyl (C=O) groups excluding carboxylic acids is 3. The fraction of sp³-hybridized carbons (Fsp3) is 0.452. The minimum Gasteiger partial charge on any atom is -0.483 e. The number of rotatable bonds is 16. The molecule has 0 aliphatic carbocycles. The molecule has 3 aromatic rings. The van der Waals surface area contributed by atoms with Gasteiger partial charge in [-0.3, -0.25) is 14.4 Å². The number of ether oxygens (including phenoxy) is 2. The molecule has 1 aromatic heterocycles. The van der Waals surface area contributed by atoms with Crippen LogP contribution < -0.4 is 25.4 Å². The molecule has 0 aliphatic rings. The Balaban J connectivity index is 1.69. The Bertz CT molecular complexity index is 1320. The van der Waals surface area contributed by atoms with Crippen molar-refractivity contribution in [2.75, 3.05) is 19.8 Å². The average Bonchev–Trinajstić information content (AvgIpc) is 3.44. The van der Waals surface area contributed by atoms with Crippen LogP contribution in [0.3, 0.4) is 0 Å². The molecule has 0 bridgehead atoms. The first kappa shape index (κ1) is 32.1. The second-order valence-corrected chi connectivity index (χ2v) is 10.7. The summed E-state index contributed by atoms with van der Waals surface area (Å²) in [5.41, 5.74) is 1.80. The van der Waals surface area contributed by atoms with Gasteiger partial charge in [-0.05, 0) is 56.9 Å². The molecule has 1 atom stereocenters. The van der Waals surface area contributed by atoms with Gasteiger partial charge in [-0.1, -0.05) is 56.7 Å². The third kappa shape index (κ3) is 9.90. The van der Waals surface area contributed by atoms with E-state index in [1.54, 1.807) is 35.1 Å². The Hall–Kier alpha value is -4.41. The van der Waals surface area contributed by atoms with Gasteiger partial charge in [0, 0.05) is 18.2 Å². The maximum Gasteiger partial charge on any atom is 0.258 e. The monoisotopic (exact) mass is 578 g/mol. The Morgan fingerprint density at radius 2 is 1.55 bits per heavy atom. The van der Waals surface area contributed by atoms with Gasteiger partial charge in [0.15, 0.2) is 13.2 Å². The van der Waals surface area contributed by atoms with E-state index in [0.29, 0.717) is 41.4 Å². The highest BCUT2D eigenvalue weighted by molar-refractivity contribution is 5.88. The molecule has 42 heavy (non-hydrogen) atoms. The van der Waals surface area contributed by atoms with Crippen LogP contribution in [0, 0.1) is 5.92 Å².